The SMILES string of the molecule is C=C(C=CC)C=Cc1cc2ccccc2[nH]1. The van der Waals surface area contributed by atoms with Crippen LogP contribution in [0.2, 0.25) is 0 Å². The number of hydrogen-bond donors (Lipinski definition) is 1. The first-order valence-corrected chi connectivity index (χ1v) is 5.37. The van der Waals surface area contributed by atoms with Crippen molar-refractivity contribution in [3.05, 3.63) is 66.4 Å². The zero-order valence-electron chi connectivity index (χ0n) is 9.40. The number of aromatic nitrogens is 1. The van der Waals surface area contributed by atoms with Crippen LogP contribution in [0.5, 0.6) is 0 Å². The topological polar surface area (TPSA) is 15.8 Å². The third kappa shape index (κ3) is 2.31. The van der Waals surface area contributed by atoms with E-state index in [1.165, 1.54) is 10.9 Å². The third-order valence-corrected chi connectivity index (χ3v) is 2.41. The Hall–Kier alpha value is -2.02. The molecule has 1 heteroatoms. The molecule has 2 rings (SSSR count). The molecule has 0 amide bonds. The molecule has 0 aliphatic carbocycles. The van der Waals surface area contributed by atoms with E-state index in [0.29, 0.717) is 0 Å². The lowest BCUT2D eigenvalue weighted by Crippen LogP contribution is -1.70. The number of para-hydroxylation sites is 1. The monoisotopic (exact) mass is 209 g/mol. The molecule has 0 fully saturated rings. The van der Waals surface area contributed by atoms with Crippen LogP contribution in [0.3, 0.4) is 0 Å². The number of fused-ring (bicyclic) bond motifs is 1. The first-order chi connectivity index (χ1) is 7.79. The standard InChI is InChI=1S/C15H15N/c1-3-6-12(2)9-10-14-11-13-7-4-5-8-15(13)16-14/h3-11,16H,2H2,1H3. The molecule has 1 N–H and O–H groups in total. The maximum Gasteiger partial charge on any atom is 0.0458 e. The Morgan fingerprint density at radius 3 is 2.81 bits per heavy atom. The Kier molecular flexibility index (Phi) is 3.06. The lowest BCUT2D eigenvalue weighted by molar-refractivity contribution is 1.43. The summed E-state index contributed by atoms with van der Waals surface area (Å²) in [5.41, 5.74) is 3.27. The normalized spacial score (nSPS) is 11.8. The van der Waals surface area contributed by atoms with Crippen molar-refractivity contribution in [2.45, 2.75) is 6.92 Å². The maximum atomic E-state index is 3.93. The Bertz CT molecular complexity index is 523. The van der Waals surface area contributed by atoms with Crippen LogP contribution in [-0.2, 0) is 0 Å². The van der Waals surface area contributed by atoms with E-state index >= 15 is 0 Å². The van der Waals surface area contributed by atoms with Gasteiger partial charge in [0.15, 0.2) is 0 Å². The van der Waals surface area contributed by atoms with Gasteiger partial charge in [0.25, 0.3) is 0 Å². The van der Waals surface area contributed by atoms with E-state index < -0.39 is 0 Å². The average molecular weight is 209 g/mol. The molecular formula is C15H15N. The second-order valence-corrected chi connectivity index (χ2v) is 3.72. The highest BCUT2D eigenvalue weighted by molar-refractivity contribution is 5.82. The van der Waals surface area contributed by atoms with Crippen LogP contribution >= 0.6 is 0 Å². The lowest BCUT2D eigenvalue weighted by Gasteiger charge is -1.88. The van der Waals surface area contributed by atoms with Gasteiger partial charge in [-0.25, -0.2) is 0 Å². The fourth-order valence-electron chi connectivity index (χ4n) is 1.65. The summed E-state index contributed by atoms with van der Waals surface area (Å²) in [4.78, 5) is 3.34. The zero-order valence-corrected chi connectivity index (χ0v) is 9.40. The van der Waals surface area contributed by atoms with E-state index in [4.69, 9.17) is 0 Å². The molecule has 1 aromatic carbocycles. The molecule has 0 saturated heterocycles. The molecule has 0 atom stereocenters. The number of hydrogen-bond acceptors (Lipinski definition) is 0. The number of aromatic amines is 1. The smallest absolute Gasteiger partial charge is 0.0458 e. The molecule has 1 heterocycles. The van der Waals surface area contributed by atoms with Crippen molar-refractivity contribution in [3.63, 3.8) is 0 Å². The quantitative estimate of drug-likeness (QED) is 0.725. The van der Waals surface area contributed by atoms with Gasteiger partial charge in [0.05, 0.1) is 0 Å². The van der Waals surface area contributed by atoms with Crippen molar-refractivity contribution in [2.75, 3.05) is 0 Å². The fourth-order valence-corrected chi connectivity index (χ4v) is 1.65. The predicted molar refractivity (Wildman–Crippen MR) is 71.3 cm³/mol. The fraction of sp³-hybridized carbons (Fsp3) is 0.0667. The van der Waals surface area contributed by atoms with Crippen LogP contribution in [0.1, 0.15) is 12.6 Å². The van der Waals surface area contributed by atoms with Crippen molar-refractivity contribution < 1.29 is 0 Å². The van der Waals surface area contributed by atoms with Crippen LogP contribution in [0, 0.1) is 0 Å². The van der Waals surface area contributed by atoms with Crippen LogP contribution in [0.25, 0.3) is 17.0 Å². The van der Waals surface area contributed by atoms with Crippen molar-refractivity contribution in [1.82, 2.24) is 4.98 Å². The number of H-pyrrole nitrogens is 1. The summed E-state index contributed by atoms with van der Waals surface area (Å²) in [6.45, 7) is 5.91. The molecule has 0 radical (unpaired) electrons. The van der Waals surface area contributed by atoms with Gasteiger partial charge in [-0.1, -0.05) is 43.0 Å². The van der Waals surface area contributed by atoms with Gasteiger partial charge in [-0.05, 0) is 36.1 Å². The Morgan fingerprint density at radius 1 is 1.25 bits per heavy atom. The van der Waals surface area contributed by atoms with E-state index in [9.17, 15) is 0 Å². The highest BCUT2D eigenvalue weighted by Crippen LogP contribution is 2.15. The van der Waals surface area contributed by atoms with Gasteiger partial charge in [-0.15, -0.1) is 0 Å². The van der Waals surface area contributed by atoms with Gasteiger partial charge in [0, 0.05) is 11.2 Å². The van der Waals surface area contributed by atoms with Gasteiger partial charge < -0.3 is 4.98 Å². The minimum atomic E-state index is 1.00. The number of benzene rings is 1. The number of rotatable bonds is 3. The van der Waals surface area contributed by atoms with Gasteiger partial charge in [0.2, 0.25) is 0 Å². The molecular weight excluding hydrogens is 194 g/mol. The molecule has 0 aliphatic rings. The highest BCUT2D eigenvalue weighted by Gasteiger charge is 1.95. The van der Waals surface area contributed by atoms with Crippen molar-refractivity contribution >= 4 is 17.0 Å². The van der Waals surface area contributed by atoms with Crippen molar-refractivity contribution in [3.8, 4) is 0 Å². The molecule has 0 aliphatic heterocycles. The molecule has 0 spiro atoms. The average Bonchev–Trinajstić information content (AvgIpc) is 2.69. The highest BCUT2D eigenvalue weighted by atomic mass is 14.7. The Balaban J connectivity index is 2.25. The van der Waals surface area contributed by atoms with E-state index in [1.54, 1.807) is 0 Å². The largest absolute Gasteiger partial charge is 0.355 e. The molecule has 80 valence electrons. The van der Waals surface area contributed by atoms with E-state index in [1.807, 2.05) is 43.4 Å². The minimum Gasteiger partial charge on any atom is -0.355 e. The Morgan fingerprint density at radius 2 is 2.06 bits per heavy atom. The summed E-state index contributed by atoms with van der Waals surface area (Å²) in [5.74, 6) is 0. The first-order valence-electron chi connectivity index (χ1n) is 5.37. The second-order valence-electron chi connectivity index (χ2n) is 3.72. The molecule has 1 nitrogen and oxygen atoms in total. The van der Waals surface area contributed by atoms with Crippen molar-refractivity contribution in [1.29, 1.82) is 0 Å². The van der Waals surface area contributed by atoms with Crippen molar-refractivity contribution in [2.24, 2.45) is 0 Å². The third-order valence-electron chi connectivity index (χ3n) is 2.41. The van der Waals surface area contributed by atoms with E-state index in [0.717, 1.165) is 11.3 Å². The van der Waals surface area contributed by atoms with Crippen LogP contribution in [0.4, 0.5) is 0 Å². The summed E-state index contributed by atoms with van der Waals surface area (Å²) in [5, 5.41) is 1.23. The molecule has 0 saturated carbocycles. The first kappa shape index (κ1) is 10.5. The van der Waals surface area contributed by atoms with Gasteiger partial charge in [0.1, 0.15) is 0 Å². The zero-order chi connectivity index (χ0) is 11.4. The summed E-state index contributed by atoms with van der Waals surface area (Å²) in [6, 6.07) is 10.4. The maximum absolute atomic E-state index is 3.93. The summed E-state index contributed by atoms with van der Waals surface area (Å²) < 4.78 is 0. The number of nitrogens with one attached hydrogen (secondary N) is 1. The molecule has 0 unspecified atom stereocenters. The summed E-state index contributed by atoms with van der Waals surface area (Å²) >= 11 is 0. The van der Waals surface area contributed by atoms with Gasteiger partial charge in [-0.3, -0.25) is 0 Å². The van der Waals surface area contributed by atoms with Crippen LogP contribution in [0.15, 0.2) is 60.7 Å². The summed E-state index contributed by atoms with van der Waals surface area (Å²) in [6.07, 6.45) is 8.02. The molecule has 0 bridgehead atoms. The number of allylic oxidation sites excluding steroid dienone is 4. The van der Waals surface area contributed by atoms with Crippen LogP contribution in [-0.4, -0.2) is 4.98 Å². The summed E-state index contributed by atoms with van der Waals surface area (Å²) in [7, 11) is 0. The Labute approximate surface area is 95.8 Å². The van der Waals surface area contributed by atoms with E-state index in [2.05, 4.69) is 29.8 Å². The molecule has 16 heavy (non-hydrogen) atoms. The molecule has 2 aromatic rings. The second kappa shape index (κ2) is 4.67. The minimum absolute atomic E-state index is 1.00. The lowest BCUT2D eigenvalue weighted by atomic mass is 10.2. The predicted octanol–water partition coefficient (Wildman–Crippen LogP) is 4.31. The van der Waals surface area contributed by atoms with Gasteiger partial charge in [-0.2, -0.15) is 0 Å². The van der Waals surface area contributed by atoms with Crippen LogP contribution < -0.4 is 0 Å². The molecule has 1 aromatic heterocycles. The van der Waals surface area contributed by atoms with Gasteiger partial charge >= 0.3 is 0 Å². The van der Waals surface area contributed by atoms with E-state index in [-0.39, 0.29) is 0 Å².